The third-order valence-corrected chi connectivity index (χ3v) is 8.35. The number of rotatable bonds is 16. The van der Waals surface area contributed by atoms with Crippen molar-refractivity contribution in [3.8, 4) is 0 Å². The fraction of sp³-hybridized carbons (Fsp3) is 0.297. The first-order valence-corrected chi connectivity index (χ1v) is 16.0. The summed E-state index contributed by atoms with van der Waals surface area (Å²) in [5, 5.41) is 7.58. The zero-order valence-corrected chi connectivity index (χ0v) is 27.0. The summed E-state index contributed by atoms with van der Waals surface area (Å²) < 4.78 is 13.7. The van der Waals surface area contributed by atoms with Gasteiger partial charge in [-0.1, -0.05) is 66.7 Å². The number of benzene rings is 4. The van der Waals surface area contributed by atoms with Crippen LogP contribution in [0.3, 0.4) is 0 Å². The lowest BCUT2D eigenvalue weighted by Gasteiger charge is -2.32. The minimum atomic E-state index is -1.13. The summed E-state index contributed by atoms with van der Waals surface area (Å²) in [4.78, 5) is 55.3. The molecule has 10 nitrogen and oxygen atoms in total. The number of unbranched alkanes of at least 4 members (excludes halogenated alkanes) is 1. The van der Waals surface area contributed by atoms with Crippen molar-refractivity contribution in [3.05, 3.63) is 119 Å². The van der Waals surface area contributed by atoms with E-state index in [1.54, 1.807) is 24.3 Å². The number of carbonyl (C=O) groups excluding carboxylic acids is 4. The average Bonchev–Trinajstić information content (AvgIpc) is 3.09. The normalized spacial score (nSPS) is 12.9. The number of primary amides is 1. The topological polar surface area (TPSA) is 174 Å². The monoisotopic (exact) mass is 654 g/mol. The van der Waals surface area contributed by atoms with Gasteiger partial charge in [0.05, 0.1) is 0 Å². The maximum atomic E-state index is 14.4. The second kappa shape index (κ2) is 17.1. The number of hydrogen-bond acceptors (Lipinski definition) is 6. The largest absolute Gasteiger partial charge is 0.368 e. The summed E-state index contributed by atoms with van der Waals surface area (Å²) in [5.41, 5.74) is 19.5. The number of hydrogen-bond donors (Lipinski definition) is 5. The van der Waals surface area contributed by atoms with E-state index >= 15 is 0 Å². The number of fused-ring (bicyclic) bond motifs is 1. The van der Waals surface area contributed by atoms with Gasteiger partial charge in [-0.05, 0) is 77.5 Å². The molecule has 0 aromatic heterocycles. The number of amides is 4. The molecule has 3 atom stereocenters. The molecule has 0 aliphatic rings. The zero-order valence-electron chi connectivity index (χ0n) is 27.0. The molecule has 8 N–H and O–H groups in total. The van der Waals surface area contributed by atoms with Crippen LogP contribution in [-0.2, 0) is 33.8 Å². The quantitative estimate of drug-likeness (QED) is 0.116. The number of nitrogens with one attached hydrogen (secondary N) is 2. The van der Waals surface area contributed by atoms with Gasteiger partial charge in [0.15, 0.2) is 0 Å². The Labute approximate surface area is 279 Å². The predicted octanol–water partition coefficient (Wildman–Crippen LogP) is 2.95. The Bertz CT molecular complexity index is 1730. The van der Waals surface area contributed by atoms with Crippen LogP contribution in [-0.4, -0.2) is 60.2 Å². The lowest BCUT2D eigenvalue weighted by atomic mass is 9.98. The van der Waals surface area contributed by atoms with E-state index in [9.17, 15) is 23.6 Å². The Hall–Kier alpha value is -5.13. The standard InChI is InChI=1S/C37H43FN6O4/c1-44(33(22-24-13-16-30(38)17-14-24)36(47)42-31(34(41)45)11-4-5-18-39)37(48)32(43-35(46)29-10-6-7-26(20-29)23-40)21-25-12-15-27-8-2-3-9-28(27)19-25/h2-3,6-10,12-17,19-20,31-33H,4-5,11,18,21-23,39-40H2,1H3,(H2,41,45)(H,42,47)(H,43,46)/t31-,32+,33+/m0/s1. The molecule has 4 amide bonds. The lowest BCUT2D eigenvalue weighted by molar-refractivity contribution is -0.141. The molecule has 0 unspecified atom stereocenters. The number of halogens is 1. The van der Waals surface area contributed by atoms with Crippen LogP contribution in [0.2, 0.25) is 0 Å². The van der Waals surface area contributed by atoms with Crippen LogP contribution >= 0.6 is 0 Å². The van der Waals surface area contributed by atoms with E-state index in [0.29, 0.717) is 30.5 Å². The van der Waals surface area contributed by atoms with Crippen molar-refractivity contribution in [2.75, 3.05) is 13.6 Å². The van der Waals surface area contributed by atoms with E-state index in [1.165, 1.54) is 36.2 Å². The van der Waals surface area contributed by atoms with E-state index in [4.69, 9.17) is 17.2 Å². The van der Waals surface area contributed by atoms with Gasteiger partial charge in [-0.15, -0.1) is 0 Å². The van der Waals surface area contributed by atoms with Crippen molar-refractivity contribution in [2.24, 2.45) is 17.2 Å². The van der Waals surface area contributed by atoms with Gasteiger partial charge in [0, 0.05) is 32.0 Å². The van der Waals surface area contributed by atoms with Gasteiger partial charge in [-0.3, -0.25) is 19.2 Å². The number of nitrogens with two attached hydrogens (primary N) is 3. The highest BCUT2D eigenvalue weighted by Crippen LogP contribution is 2.19. The van der Waals surface area contributed by atoms with Crippen molar-refractivity contribution >= 4 is 34.4 Å². The van der Waals surface area contributed by atoms with Crippen LogP contribution in [0.25, 0.3) is 10.8 Å². The molecular formula is C37H43FN6O4. The molecular weight excluding hydrogens is 611 g/mol. The molecule has 48 heavy (non-hydrogen) atoms. The van der Waals surface area contributed by atoms with Gasteiger partial charge in [0.1, 0.15) is 23.9 Å². The molecule has 0 bridgehead atoms. The second-order valence-electron chi connectivity index (χ2n) is 11.9. The first-order valence-electron chi connectivity index (χ1n) is 16.0. The smallest absolute Gasteiger partial charge is 0.251 e. The number of likely N-dealkylation sites (N-methyl/N-ethyl adjacent to an activating group) is 1. The van der Waals surface area contributed by atoms with Crippen molar-refractivity contribution in [1.82, 2.24) is 15.5 Å². The Morgan fingerprint density at radius 3 is 2.15 bits per heavy atom. The second-order valence-corrected chi connectivity index (χ2v) is 11.9. The van der Waals surface area contributed by atoms with E-state index < -0.39 is 47.6 Å². The van der Waals surface area contributed by atoms with Crippen LogP contribution in [0.15, 0.2) is 91.0 Å². The minimum Gasteiger partial charge on any atom is -0.368 e. The van der Waals surface area contributed by atoms with E-state index in [1.807, 2.05) is 42.5 Å². The predicted molar refractivity (Wildman–Crippen MR) is 184 cm³/mol. The first kappa shape index (κ1) is 35.7. The Morgan fingerprint density at radius 2 is 1.46 bits per heavy atom. The third-order valence-electron chi connectivity index (χ3n) is 8.35. The van der Waals surface area contributed by atoms with Gasteiger partial charge < -0.3 is 32.7 Å². The molecule has 4 aromatic carbocycles. The molecule has 0 radical (unpaired) electrons. The molecule has 0 fully saturated rings. The average molecular weight is 655 g/mol. The summed E-state index contributed by atoms with van der Waals surface area (Å²) in [6.45, 7) is 0.659. The molecule has 0 saturated heterocycles. The molecule has 11 heteroatoms. The van der Waals surface area contributed by atoms with Crippen LogP contribution in [0.1, 0.15) is 46.3 Å². The molecule has 0 spiro atoms. The molecule has 0 aliphatic carbocycles. The molecule has 0 aliphatic heterocycles. The van der Waals surface area contributed by atoms with Crippen LogP contribution in [0, 0.1) is 5.82 Å². The van der Waals surface area contributed by atoms with Gasteiger partial charge in [-0.25, -0.2) is 4.39 Å². The Balaban J connectivity index is 1.67. The summed E-state index contributed by atoms with van der Waals surface area (Å²) >= 11 is 0. The van der Waals surface area contributed by atoms with E-state index in [-0.39, 0.29) is 25.8 Å². The van der Waals surface area contributed by atoms with E-state index in [0.717, 1.165) is 21.9 Å². The molecule has 4 rings (SSSR count). The minimum absolute atomic E-state index is 0.0117. The van der Waals surface area contributed by atoms with E-state index in [2.05, 4.69) is 10.6 Å². The first-order chi connectivity index (χ1) is 23.1. The molecule has 252 valence electrons. The summed E-state index contributed by atoms with van der Waals surface area (Å²) in [6.07, 6.45) is 1.62. The maximum absolute atomic E-state index is 14.4. The highest BCUT2D eigenvalue weighted by Gasteiger charge is 2.34. The van der Waals surface area contributed by atoms with Crippen LogP contribution in [0.4, 0.5) is 4.39 Å². The number of carbonyl (C=O) groups is 4. The SMILES string of the molecule is CN(C(=O)[C@@H](Cc1ccc2ccccc2c1)NC(=O)c1cccc(CN)c1)[C@H](Cc1ccc(F)cc1)C(=O)N[C@@H](CCCCN)C(N)=O. The summed E-state index contributed by atoms with van der Waals surface area (Å²) in [5.74, 6) is -2.79. The number of nitrogens with zero attached hydrogens (tertiary/aromatic N) is 1. The van der Waals surface area contributed by atoms with Crippen LogP contribution < -0.4 is 27.8 Å². The zero-order chi connectivity index (χ0) is 34.6. The van der Waals surface area contributed by atoms with Crippen molar-refractivity contribution in [1.29, 1.82) is 0 Å². The molecule has 0 heterocycles. The Kier molecular flexibility index (Phi) is 12.8. The third kappa shape index (κ3) is 9.69. The molecule has 4 aromatic rings. The van der Waals surface area contributed by atoms with Gasteiger partial charge >= 0.3 is 0 Å². The van der Waals surface area contributed by atoms with Crippen molar-refractivity contribution in [2.45, 2.75) is 56.8 Å². The highest BCUT2D eigenvalue weighted by molar-refractivity contribution is 5.99. The maximum Gasteiger partial charge on any atom is 0.251 e. The summed E-state index contributed by atoms with van der Waals surface area (Å²) in [7, 11) is 1.47. The Morgan fingerprint density at radius 1 is 0.750 bits per heavy atom. The fourth-order valence-corrected chi connectivity index (χ4v) is 5.58. The van der Waals surface area contributed by atoms with Gasteiger partial charge in [0.2, 0.25) is 17.7 Å². The van der Waals surface area contributed by atoms with Crippen molar-refractivity contribution in [3.63, 3.8) is 0 Å². The van der Waals surface area contributed by atoms with Crippen LogP contribution in [0.5, 0.6) is 0 Å². The fourth-order valence-electron chi connectivity index (χ4n) is 5.58. The molecule has 0 saturated carbocycles. The lowest BCUT2D eigenvalue weighted by Crippen LogP contribution is -2.57. The van der Waals surface area contributed by atoms with Gasteiger partial charge in [0.25, 0.3) is 5.91 Å². The highest BCUT2D eigenvalue weighted by atomic mass is 19.1. The summed E-state index contributed by atoms with van der Waals surface area (Å²) in [6, 6.07) is 22.8. The van der Waals surface area contributed by atoms with Gasteiger partial charge in [-0.2, -0.15) is 0 Å². The van der Waals surface area contributed by atoms with Crippen molar-refractivity contribution < 1.29 is 23.6 Å².